The molecule has 0 saturated heterocycles. The molecule has 3 aromatic rings. The maximum atomic E-state index is 6.22. The minimum absolute atomic E-state index is 0.250. The summed E-state index contributed by atoms with van der Waals surface area (Å²) in [5, 5.41) is 4.54. The van der Waals surface area contributed by atoms with Crippen LogP contribution in [0.15, 0.2) is 59.3 Å². The number of rotatable bonds is 8. The molecule has 0 aliphatic rings. The van der Waals surface area contributed by atoms with Crippen LogP contribution in [0.4, 0.5) is 0 Å². The molecule has 3 rings (SSSR count). The largest absolute Gasteiger partial charge is 0.493 e. The fourth-order valence-corrected chi connectivity index (χ4v) is 3.62. The van der Waals surface area contributed by atoms with E-state index in [1.807, 2.05) is 30.5 Å². The van der Waals surface area contributed by atoms with Crippen molar-refractivity contribution in [2.24, 2.45) is 0 Å². The van der Waals surface area contributed by atoms with E-state index in [-0.39, 0.29) is 6.61 Å². The van der Waals surface area contributed by atoms with Crippen LogP contribution in [-0.2, 0) is 19.7 Å². The van der Waals surface area contributed by atoms with Crippen molar-refractivity contribution in [3.05, 3.63) is 86.1 Å². The highest BCUT2D eigenvalue weighted by molar-refractivity contribution is 9.10. The zero-order chi connectivity index (χ0) is 19.9. The van der Waals surface area contributed by atoms with E-state index in [0.717, 1.165) is 27.7 Å². The monoisotopic (exact) mass is 480 g/mol. The van der Waals surface area contributed by atoms with Gasteiger partial charge in [-0.05, 0) is 41.5 Å². The summed E-state index contributed by atoms with van der Waals surface area (Å²) in [4.78, 5) is 4.12. The highest BCUT2D eigenvalue weighted by atomic mass is 79.9. The van der Waals surface area contributed by atoms with Crippen LogP contribution in [0.25, 0.3) is 0 Å². The van der Waals surface area contributed by atoms with Gasteiger partial charge in [-0.15, -0.1) is 0 Å². The van der Waals surface area contributed by atoms with Gasteiger partial charge in [-0.2, -0.15) is 0 Å². The number of methoxy groups -OCH3 is 1. The van der Waals surface area contributed by atoms with Crippen molar-refractivity contribution in [2.75, 3.05) is 7.11 Å². The van der Waals surface area contributed by atoms with Crippen molar-refractivity contribution in [1.82, 2.24) is 10.3 Å². The Morgan fingerprint density at radius 1 is 1.04 bits per heavy atom. The molecule has 0 unspecified atom stereocenters. The summed E-state index contributed by atoms with van der Waals surface area (Å²) in [5.74, 6) is 1.26. The molecule has 2 aromatic carbocycles. The number of hydrogen-bond donors (Lipinski definition) is 1. The first kappa shape index (κ1) is 20.9. The zero-order valence-corrected chi connectivity index (χ0v) is 18.3. The Morgan fingerprint density at radius 2 is 1.82 bits per heavy atom. The van der Waals surface area contributed by atoms with Crippen LogP contribution < -0.4 is 14.8 Å². The second-order valence-corrected chi connectivity index (χ2v) is 7.72. The predicted octanol–water partition coefficient (Wildman–Crippen LogP) is 6.03. The summed E-state index contributed by atoms with van der Waals surface area (Å²) in [5.41, 5.74) is 2.93. The molecule has 7 heteroatoms. The van der Waals surface area contributed by atoms with E-state index in [4.69, 9.17) is 32.7 Å². The van der Waals surface area contributed by atoms with Gasteiger partial charge < -0.3 is 14.8 Å². The van der Waals surface area contributed by atoms with Crippen molar-refractivity contribution in [3.8, 4) is 11.5 Å². The van der Waals surface area contributed by atoms with Crippen molar-refractivity contribution in [3.63, 3.8) is 0 Å². The average molecular weight is 482 g/mol. The number of nitrogens with one attached hydrogen (secondary N) is 1. The third kappa shape index (κ3) is 5.39. The van der Waals surface area contributed by atoms with Gasteiger partial charge in [-0.25, -0.2) is 0 Å². The van der Waals surface area contributed by atoms with Crippen molar-refractivity contribution < 1.29 is 9.47 Å². The predicted molar refractivity (Wildman–Crippen MR) is 116 cm³/mol. The van der Waals surface area contributed by atoms with Crippen LogP contribution in [-0.4, -0.2) is 12.1 Å². The van der Waals surface area contributed by atoms with E-state index in [0.29, 0.717) is 28.1 Å². The van der Waals surface area contributed by atoms with Crippen molar-refractivity contribution >= 4 is 39.1 Å². The quantitative estimate of drug-likeness (QED) is 0.426. The smallest absolute Gasteiger partial charge is 0.162 e. The molecule has 0 radical (unpaired) electrons. The zero-order valence-electron chi connectivity index (χ0n) is 15.2. The topological polar surface area (TPSA) is 43.4 Å². The molecule has 0 spiro atoms. The van der Waals surface area contributed by atoms with Gasteiger partial charge >= 0.3 is 0 Å². The Morgan fingerprint density at radius 3 is 2.50 bits per heavy atom. The van der Waals surface area contributed by atoms with E-state index >= 15 is 0 Å². The molecule has 0 fully saturated rings. The third-order valence-corrected chi connectivity index (χ3v) is 5.58. The first-order valence-corrected chi connectivity index (χ1v) is 10.1. The molecule has 0 aliphatic heterocycles. The van der Waals surface area contributed by atoms with Crippen LogP contribution in [0.2, 0.25) is 10.0 Å². The summed E-state index contributed by atoms with van der Waals surface area (Å²) in [7, 11) is 1.62. The lowest BCUT2D eigenvalue weighted by molar-refractivity contribution is 0.284. The standard InChI is InChI=1S/C21H19BrCl2N2O2/c1-27-20-8-15(12-26-11-14-4-3-7-25-10-14)17(22)9-21(20)28-13-16-18(23)5-2-6-19(16)24/h2-10,26H,11-13H2,1H3. The van der Waals surface area contributed by atoms with Crippen molar-refractivity contribution in [2.45, 2.75) is 19.7 Å². The molecule has 0 bridgehead atoms. The Hall–Kier alpha value is -1.79. The van der Waals surface area contributed by atoms with Crippen molar-refractivity contribution in [1.29, 1.82) is 0 Å². The number of aromatic nitrogens is 1. The number of halogens is 3. The molecular weight excluding hydrogens is 463 g/mol. The first-order chi connectivity index (χ1) is 13.6. The molecule has 0 atom stereocenters. The normalized spacial score (nSPS) is 10.7. The summed E-state index contributed by atoms with van der Waals surface area (Å²) >= 11 is 16.0. The SMILES string of the molecule is COc1cc(CNCc2cccnc2)c(Br)cc1OCc1c(Cl)cccc1Cl. The van der Waals surface area contributed by atoms with Gasteiger partial charge in [0.15, 0.2) is 11.5 Å². The Balaban J connectivity index is 1.68. The number of pyridine rings is 1. The van der Waals surface area contributed by atoms with Crippen LogP contribution in [0.5, 0.6) is 11.5 Å². The van der Waals surface area contributed by atoms with Crippen LogP contribution in [0, 0.1) is 0 Å². The first-order valence-electron chi connectivity index (χ1n) is 8.60. The maximum Gasteiger partial charge on any atom is 0.162 e. The lowest BCUT2D eigenvalue weighted by atomic mass is 10.2. The molecule has 28 heavy (non-hydrogen) atoms. The Labute approximate surface area is 182 Å². The second kappa shape index (κ2) is 10.1. The summed E-state index contributed by atoms with van der Waals surface area (Å²) < 4.78 is 12.4. The average Bonchev–Trinajstić information content (AvgIpc) is 2.70. The molecular formula is C21H19BrCl2N2O2. The van der Waals surface area contributed by atoms with E-state index < -0.39 is 0 Å². The highest BCUT2D eigenvalue weighted by Gasteiger charge is 2.13. The van der Waals surface area contributed by atoms with Gasteiger partial charge in [0.2, 0.25) is 0 Å². The maximum absolute atomic E-state index is 6.22. The molecule has 1 aromatic heterocycles. The molecule has 4 nitrogen and oxygen atoms in total. The minimum Gasteiger partial charge on any atom is -0.493 e. The van der Waals surface area contributed by atoms with E-state index in [1.54, 1.807) is 31.5 Å². The fourth-order valence-electron chi connectivity index (χ4n) is 2.65. The summed E-state index contributed by atoms with van der Waals surface area (Å²) in [6.07, 6.45) is 3.61. The van der Waals surface area contributed by atoms with Gasteiger partial charge in [-0.1, -0.05) is 51.3 Å². The molecule has 0 amide bonds. The van der Waals surface area contributed by atoms with Gasteiger partial charge in [0.1, 0.15) is 6.61 Å². The third-order valence-electron chi connectivity index (χ3n) is 4.13. The van der Waals surface area contributed by atoms with Gasteiger partial charge in [0.05, 0.1) is 7.11 Å². The molecule has 146 valence electrons. The van der Waals surface area contributed by atoms with E-state index in [1.165, 1.54) is 0 Å². The molecule has 1 heterocycles. The fraction of sp³-hybridized carbons (Fsp3) is 0.190. The van der Waals surface area contributed by atoms with Gasteiger partial charge in [0.25, 0.3) is 0 Å². The number of hydrogen-bond acceptors (Lipinski definition) is 4. The minimum atomic E-state index is 0.250. The summed E-state index contributed by atoms with van der Waals surface area (Å²) in [6, 6.07) is 13.2. The molecule has 0 saturated carbocycles. The van der Waals surface area contributed by atoms with Crippen LogP contribution in [0.3, 0.4) is 0 Å². The number of ether oxygens (including phenoxy) is 2. The highest BCUT2D eigenvalue weighted by Crippen LogP contribution is 2.35. The number of nitrogens with zero attached hydrogens (tertiary/aromatic N) is 1. The lowest BCUT2D eigenvalue weighted by Gasteiger charge is -2.15. The van der Waals surface area contributed by atoms with E-state index in [9.17, 15) is 0 Å². The molecule has 0 aliphatic carbocycles. The van der Waals surface area contributed by atoms with Crippen LogP contribution in [0.1, 0.15) is 16.7 Å². The Bertz CT molecular complexity index is 919. The number of benzene rings is 2. The van der Waals surface area contributed by atoms with Gasteiger partial charge in [0, 0.05) is 45.6 Å². The van der Waals surface area contributed by atoms with E-state index in [2.05, 4.69) is 26.2 Å². The van der Waals surface area contributed by atoms with Gasteiger partial charge in [-0.3, -0.25) is 4.98 Å². The summed E-state index contributed by atoms with van der Waals surface area (Å²) in [6.45, 7) is 1.65. The molecule has 1 N–H and O–H groups in total. The Kier molecular flexibility index (Phi) is 7.57. The van der Waals surface area contributed by atoms with Crippen LogP contribution >= 0.6 is 39.1 Å². The lowest BCUT2D eigenvalue weighted by Crippen LogP contribution is -2.13. The second-order valence-electron chi connectivity index (χ2n) is 6.05.